The molecule has 0 radical (unpaired) electrons. The molecule has 2 aliphatic heterocycles. The Hall–Kier alpha value is -1.63. The molecule has 4 bridgehead atoms. The van der Waals surface area contributed by atoms with E-state index in [0.29, 0.717) is 23.5 Å². The molecule has 2 spiro atoms. The van der Waals surface area contributed by atoms with Gasteiger partial charge in [-0.1, -0.05) is 12.1 Å². The minimum atomic E-state index is -0.613. The van der Waals surface area contributed by atoms with E-state index in [1.165, 1.54) is 44.1 Å². The Bertz CT molecular complexity index is 897. The van der Waals surface area contributed by atoms with Crippen molar-refractivity contribution in [1.82, 2.24) is 4.90 Å². The molecule has 6 heteroatoms. The van der Waals surface area contributed by atoms with Gasteiger partial charge < -0.3 is 14.4 Å². The standard InChI is InChI=1S/C28H37NO5/c30-26(29-11-2-1-3-12-29)31-25-8-6-21(7-9-25)22-5-4-10-27(18-22)32-28(34-33-27)23-14-19-13-20(16-23)17-24(28)15-19/h6-9,19-20,22-24H,1-5,10-18H2/t19?,20?,22-,23?,24?,27-,28?/m1/s1. The van der Waals surface area contributed by atoms with Gasteiger partial charge in [0.15, 0.2) is 0 Å². The summed E-state index contributed by atoms with van der Waals surface area (Å²) in [6, 6.07) is 8.09. The number of nitrogens with zero attached hydrogens (tertiary/aromatic N) is 1. The van der Waals surface area contributed by atoms with E-state index in [4.69, 9.17) is 19.2 Å². The normalized spacial score (nSPS) is 43.1. The lowest BCUT2D eigenvalue weighted by molar-refractivity contribution is -0.390. The number of rotatable bonds is 2. The molecule has 8 rings (SSSR count). The molecule has 7 fully saturated rings. The van der Waals surface area contributed by atoms with Gasteiger partial charge in [0.1, 0.15) is 5.75 Å². The first-order chi connectivity index (χ1) is 16.6. The summed E-state index contributed by atoms with van der Waals surface area (Å²) in [5.41, 5.74) is 1.26. The highest BCUT2D eigenvalue weighted by Crippen LogP contribution is 2.64. The molecule has 2 atom stereocenters. The van der Waals surface area contributed by atoms with E-state index in [0.717, 1.165) is 63.5 Å². The van der Waals surface area contributed by atoms with Gasteiger partial charge in [0.25, 0.3) is 0 Å². The van der Waals surface area contributed by atoms with Gasteiger partial charge in [0.2, 0.25) is 11.6 Å². The third-order valence-corrected chi connectivity index (χ3v) is 9.78. The topological polar surface area (TPSA) is 57.2 Å². The zero-order valence-electron chi connectivity index (χ0n) is 20.1. The van der Waals surface area contributed by atoms with E-state index in [2.05, 4.69) is 12.1 Å². The zero-order chi connectivity index (χ0) is 22.8. The quantitative estimate of drug-likeness (QED) is 0.488. The van der Waals surface area contributed by atoms with Crippen LogP contribution < -0.4 is 4.74 Å². The van der Waals surface area contributed by atoms with Crippen LogP contribution in [0.15, 0.2) is 24.3 Å². The second-order valence-electron chi connectivity index (χ2n) is 12.0. The summed E-state index contributed by atoms with van der Waals surface area (Å²) < 4.78 is 12.6. The van der Waals surface area contributed by atoms with Crippen LogP contribution in [0.4, 0.5) is 4.79 Å². The van der Waals surface area contributed by atoms with Crippen LogP contribution >= 0.6 is 0 Å². The second-order valence-corrected chi connectivity index (χ2v) is 12.0. The summed E-state index contributed by atoms with van der Waals surface area (Å²) in [6.07, 6.45) is 13.4. The number of hydrogen-bond donors (Lipinski definition) is 0. The Morgan fingerprint density at radius 3 is 2.29 bits per heavy atom. The summed E-state index contributed by atoms with van der Waals surface area (Å²) in [6.45, 7) is 1.60. The molecule has 1 aromatic carbocycles. The Kier molecular flexibility index (Phi) is 5.22. The lowest BCUT2D eigenvalue weighted by atomic mass is 9.53. The summed E-state index contributed by atoms with van der Waals surface area (Å²) in [4.78, 5) is 26.6. The highest BCUT2D eigenvalue weighted by molar-refractivity contribution is 5.70. The van der Waals surface area contributed by atoms with E-state index in [-0.39, 0.29) is 6.09 Å². The summed E-state index contributed by atoms with van der Waals surface area (Å²) >= 11 is 0. The van der Waals surface area contributed by atoms with Crippen molar-refractivity contribution in [3.8, 4) is 5.75 Å². The highest BCUT2D eigenvalue weighted by Gasteiger charge is 2.67. The molecule has 2 heterocycles. The van der Waals surface area contributed by atoms with Gasteiger partial charge in [-0.2, -0.15) is 9.78 Å². The molecule has 7 aliphatic rings. The molecule has 34 heavy (non-hydrogen) atoms. The van der Waals surface area contributed by atoms with Crippen LogP contribution in [0.5, 0.6) is 5.75 Å². The number of likely N-dealkylation sites (tertiary alicyclic amines) is 1. The SMILES string of the molecule is O=C(Oc1ccc([C@@H]2CCC[C@]3(C2)OOC2(O3)C3CC4CC(C3)CC2C4)cc1)N1CCCCC1. The monoisotopic (exact) mass is 467 g/mol. The van der Waals surface area contributed by atoms with Crippen molar-refractivity contribution in [3.63, 3.8) is 0 Å². The van der Waals surface area contributed by atoms with Crippen LogP contribution in [0.3, 0.4) is 0 Å². The lowest BCUT2D eigenvalue weighted by Crippen LogP contribution is -2.59. The van der Waals surface area contributed by atoms with Crippen LogP contribution in [-0.4, -0.2) is 35.7 Å². The number of hydrogen-bond acceptors (Lipinski definition) is 5. The average molecular weight is 468 g/mol. The number of carbonyl (C=O) groups is 1. The molecule has 5 saturated carbocycles. The smallest absolute Gasteiger partial charge is 0.410 e. The van der Waals surface area contributed by atoms with Crippen LogP contribution in [-0.2, 0) is 14.5 Å². The second kappa shape index (κ2) is 8.21. The first-order valence-electron chi connectivity index (χ1n) is 13.7. The maximum absolute atomic E-state index is 12.4. The molecule has 6 nitrogen and oxygen atoms in total. The van der Waals surface area contributed by atoms with E-state index >= 15 is 0 Å². The average Bonchev–Trinajstić information content (AvgIpc) is 3.22. The maximum atomic E-state index is 12.4. The molecule has 2 saturated heterocycles. The highest BCUT2D eigenvalue weighted by atomic mass is 17.3. The largest absolute Gasteiger partial charge is 0.415 e. The molecular formula is C28H37NO5. The van der Waals surface area contributed by atoms with Gasteiger partial charge in [0.05, 0.1) is 0 Å². The molecule has 0 unspecified atom stereocenters. The maximum Gasteiger partial charge on any atom is 0.415 e. The van der Waals surface area contributed by atoms with Crippen molar-refractivity contribution >= 4 is 6.09 Å². The van der Waals surface area contributed by atoms with Gasteiger partial charge >= 0.3 is 6.09 Å². The zero-order valence-corrected chi connectivity index (χ0v) is 20.1. The Labute approximate surface area is 202 Å². The van der Waals surface area contributed by atoms with E-state index in [1.54, 1.807) is 0 Å². The molecule has 5 aliphatic carbocycles. The molecule has 0 aromatic heterocycles. The molecule has 184 valence electrons. The van der Waals surface area contributed by atoms with E-state index in [1.807, 2.05) is 17.0 Å². The summed E-state index contributed by atoms with van der Waals surface area (Å²) in [5.74, 6) is 2.61. The number of benzene rings is 1. The van der Waals surface area contributed by atoms with Crippen molar-refractivity contribution in [2.75, 3.05) is 13.1 Å². The first kappa shape index (κ1) is 21.6. The van der Waals surface area contributed by atoms with Crippen molar-refractivity contribution in [1.29, 1.82) is 0 Å². The summed E-state index contributed by atoms with van der Waals surface area (Å²) in [5, 5.41) is 0. The van der Waals surface area contributed by atoms with Gasteiger partial charge in [-0.3, -0.25) is 0 Å². The van der Waals surface area contributed by atoms with Gasteiger partial charge in [-0.25, -0.2) is 4.79 Å². The Balaban J connectivity index is 1.02. The van der Waals surface area contributed by atoms with Crippen LogP contribution in [0.25, 0.3) is 0 Å². The van der Waals surface area contributed by atoms with Crippen LogP contribution in [0.2, 0.25) is 0 Å². The third kappa shape index (κ3) is 3.59. The van der Waals surface area contributed by atoms with Gasteiger partial charge in [-0.15, -0.1) is 0 Å². The fourth-order valence-corrected chi connectivity index (χ4v) is 8.31. The van der Waals surface area contributed by atoms with Crippen LogP contribution in [0.1, 0.15) is 88.5 Å². The Morgan fingerprint density at radius 1 is 0.882 bits per heavy atom. The van der Waals surface area contributed by atoms with Crippen molar-refractivity contribution in [2.24, 2.45) is 23.7 Å². The van der Waals surface area contributed by atoms with Gasteiger partial charge in [0, 0.05) is 37.8 Å². The third-order valence-electron chi connectivity index (χ3n) is 9.78. The lowest BCUT2D eigenvalue weighted by Gasteiger charge is -2.57. The Morgan fingerprint density at radius 2 is 1.59 bits per heavy atom. The molecular weight excluding hydrogens is 430 g/mol. The number of amides is 1. The van der Waals surface area contributed by atoms with E-state index < -0.39 is 11.6 Å². The molecule has 0 N–H and O–H groups in total. The number of piperidine rings is 1. The number of carbonyl (C=O) groups excluding carboxylic acids is 1. The fraction of sp³-hybridized carbons (Fsp3) is 0.750. The van der Waals surface area contributed by atoms with Crippen molar-refractivity contribution < 1.29 is 24.0 Å². The predicted octanol–water partition coefficient (Wildman–Crippen LogP) is 6.16. The van der Waals surface area contributed by atoms with Crippen molar-refractivity contribution in [2.45, 2.75) is 94.5 Å². The minimum absolute atomic E-state index is 0.227. The molecule has 1 aromatic rings. The van der Waals surface area contributed by atoms with Crippen LogP contribution in [0, 0.1) is 23.7 Å². The first-order valence-corrected chi connectivity index (χ1v) is 13.7. The number of ether oxygens (including phenoxy) is 2. The molecule has 1 amide bonds. The van der Waals surface area contributed by atoms with E-state index in [9.17, 15) is 4.79 Å². The minimum Gasteiger partial charge on any atom is -0.410 e. The fourth-order valence-electron chi connectivity index (χ4n) is 8.31. The van der Waals surface area contributed by atoms with Gasteiger partial charge in [-0.05, 0) is 99.7 Å². The summed E-state index contributed by atoms with van der Waals surface area (Å²) in [7, 11) is 0. The van der Waals surface area contributed by atoms with Crippen molar-refractivity contribution in [3.05, 3.63) is 29.8 Å². The predicted molar refractivity (Wildman–Crippen MR) is 125 cm³/mol.